The van der Waals surface area contributed by atoms with Crippen molar-refractivity contribution in [1.82, 2.24) is 19.9 Å². The average molecular weight is 333 g/mol. The molecule has 0 unspecified atom stereocenters. The maximum absolute atomic E-state index is 13.6. The second kappa shape index (κ2) is 7.47. The highest BCUT2D eigenvalue weighted by atomic mass is 35.5. The molecule has 0 saturated carbocycles. The summed E-state index contributed by atoms with van der Waals surface area (Å²) >= 11 is 5.60. The van der Waals surface area contributed by atoms with E-state index in [1.807, 2.05) is 0 Å². The van der Waals surface area contributed by atoms with Gasteiger partial charge in [-0.05, 0) is 5.92 Å². The first-order valence-corrected chi connectivity index (χ1v) is 7.52. The summed E-state index contributed by atoms with van der Waals surface area (Å²) in [5.74, 6) is 5.21. The van der Waals surface area contributed by atoms with Crippen LogP contribution in [-0.2, 0) is 11.3 Å². The smallest absolute Gasteiger partial charge is 0.205 e. The minimum absolute atomic E-state index is 0.0942. The Morgan fingerprint density at radius 2 is 1.87 bits per heavy atom. The third kappa shape index (κ3) is 4.45. The molecule has 3 heterocycles. The highest BCUT2D eigenvalue weighted by Crippen LogP contribution is 2.10. The summed E-state index contributed by atoms with van der Waals surface area (Å²) in [4.78, 5) is 14.5. The Bertz CT molecular complexity index is 736. The summed E-state index contributed by atoms with van der Waals surface area (Å²) in [5, 5.41) is 0.0942. The van der Waals surface area contributed by atoms with Gasteiger partial charge >= 0.3 is 0 Å². The van der Waals surface area contributed by atoms with Crippen molar-refractivity contribution in [2.75, 3.05) is 26.3 Å². The van der Waals surface area contributed by atoms with Gasteiger partial charge in [-0.2, -0.15) is 0 Å². The molecule has 0 aliphatic carbocycles. The Hall–Kier alpha value is -2.07. The lowest BCUT2D eigenvalue weighted by atomic mass is 10.2. The quantitative estimate of drug-likeness (QED) is 0.621. The van der Waals surface area contributed by atoms with Crippen LogP contribution < -0.4 is 0 Å². The fourth-order valence-corrected chi connectivity index (χ4v) is 2.29. The lowest BCUT2D eigenvalue weighted by molar-refractivity contribution is 0.0341. The molecule has 1 saturated heterocycles. The van der Waals surface area contributed by atoms with Gasteiger partial charge in [-0.25, -0.2) is 19.3 Å². The summed E-state index contributed by atoms with van der Waals surface area (Å²) < 4.78 is 18.9. The predicted molar refractivity (Wildman–Crippen MR) is 83.3 cm³/mol. The van der Waals surface area contributed by atoms with Crippen molar-refractivity contribution in [2.24, 2.45) is 0 Å². The molecule has 2 aromatic rings. The zero-order valence-corrected chi connectivity index (χ0v) is 13.1. The summed E-state index contributed by atoms with van der Waals surface area (Å²) in [6.07, 6.45) is 4.77. The van der Waals surface area contributed by atoms with Gasteiger partial charge in [-0.1, -0.05) is 17.5 Å². The predicted octanol–water partition coefficient (Wildman–Crippen LogP) is 1.90. The van der Waals surface area contributed by atoms with E-state index in [1.165, 1.54) is 6.20 Å². The highest BCUT2D eigenvalue weighted by molar-refractivity contribution is 6.29. The van der Waals surface area contributed by atoms with Crippen LogP contribution in [0.2, 0.25) is 5.15 Å². The molecule has 0 atom stereocenters. The van der Waals surface area contributed by atoms with Crippen LogP contribution >= 0.6 is 11.6 Å². The SMILES string of the molecule is Fc1cc(Cl)ncc1C#Cc1ncc(CN2CCOCC2)cn1. The molecule has 2 aromatic heterocycles. The molecule has 0 radical (unpaired) electrons. The monoisotopic (exact) mass is 332 g/mol. The molecule has 0 spiro atoms. The Morgan fingerprint density at radius 1 is 1.13 bits per heavy atom. The molecule has 1 aliphatic heterocycles. The van der Waals surface area contributed by atoms with Gasteiger partial charge in [0.15, 0.2) is 0 Å². The Labute approximate surface area is 138 Å². The summed E-state index contributed by atoms with van der Waals surface area (Å²) in [6.45, 7) is 4.11. The molecule has 3 rings (SSSR count). The average Bonchev–Trinajstić information content (AvgIpc) is 2.56. The van der Waals surface area contributed by atoms with Crippen molar-refractivity contribution in [3.63, 3.8) is 0 Å². The van der Waals surface area contributed by atoms with E-state index in [1.54, 1.807) is 12.4 Å². The molecule has 1 fully saturated rings. The number of pyridine rings is 1. The molecule has 23 heavy (non-hydrogen) atoms. The van der Waals surface area contributed by atoms with Gasteiger partial charge in [0.05, 0.1) is 18.8 Å². The Kier molecular flexibility index (Phi) is 5.13. The van der Waals surface area contributed by atoms with E-state index in [0.717, 1.165) is 44.5 Å². The third-order valence-corrected chi connectivity index (χ3v) is 3.55. The van der Waals surface area contributed by atoms with Crippen molar-refractivity contribution < 1.29 is 9.13 Å². The van der Waals surface area contributed by atoms with Gasteiger partial charge in [0.1, 0.15) is 11.0 Å². The summed E-state index contributed by atoms with van der Waals surface area (Å²) in [7, 11) is 0. The molecule has 118 valence electrons. The maximum Gasteiger partial charge on any atom is 0.205 e. The summed E-state index contributed by atoms with van der Waals surface area (Å²) in [6, 6.07) is 1.12. The van der Waals surface area contributed by atoms with Crippen molar-refractivity contribution in [1.29, 1.82) is 0 Å². The number of nitrogens with zero attached hydrogens (tertiary/aromatic N) is 4. The van der Waals surface area contributed by atoms with Crippen LogP contribution in [-0.4, -0.2) is 46.2 Å². The van der Waals surface area contributed by atoms with Crippen LogP contribution in [0.1, 0.15) is 17.0 Å². The molecule has 0 aromatic carbocycles. The van der Waals surface area contributed by atoms with Crippen LogP contribution in [0.25, 0.3) is 0 Å². The minimum Gasteiger partial charge on any atom is -0.379 e. The number of morpholine rings is 1. The molecule has 0 bridgehead atoms. The van der Waals surface area contributed by atoms with Crippen LogP contribution in [0.4, 0.5) is 4.39 Å². The molecule has 7 heteroatoms. The molecule has 0 amide bonds. The number of hydrogen-bond donors (Lipinski definition) is 0. The largest absolute Gasteiger partial charge is 0.379 e. The number of ether oxygens (including phenoxy) is 1. The Morgan fingerprint density at radius 3 is 2.57 bits per heavy atom. The van der Waals surface area contributed by atoms with E-state index >= 15 is 0 Å². The maximum atomic E-state index is 13.6. The first-order chi connectivity index (χ1) is 11.2. The number of rotatable bonds is 2. The van der Waals surface area contributed by atoms with Crippen LogP contribution in [0.5, 0.6) is 0 Å². The lowest BCUT2D eigenvalue weighted by Gasteiger charge is -2.26. The number of aromatic nitrogens is 3. The molecular formula is C16H14ClFN4O. The standard InChI is InChI=1S/C16H14ClFN4O/c17-15-7-14(18)13(10-19-15)1-2-16-20-8-12(9-21-16)11-22-3-5-23-6-4-22/h7-10H,3-6,11H2. The van der Waals surface area contributed by atoms with Crippen molar-refractivity contribution in [2.45, 2.75) is 6.54 Å². The topological polar surface area (TPSA) is 51.1 Å². The fourth-order valence-electron chi connectivity index (χ4n) is 2.14. The van der Waals surface area contributed by atoms with E-state index in [9.17, 15) is 4.39 Å². The van der Waals surface area contributed by atoms with Gasteiger partial charge in [0.25, 0.3) is 0 Å². The Balaban J connectivity index is 1.66. The van der Waals surface area contributed by atoms with Crippen LogP contribution in [0.15, 0.2) is 24.7 Å². The van der Waals surface area contributed by atoms with Gasteiger partial charge in [-0.15, -0.1) is 0 Å². The minimum atomic E-state index is -0.513. The first-order valence-electron chi connectivity index (χ1n) is 7.15. The van der Waals surface area contributed by atoms with E-state index in [0.29, 0.717) is 5.82 Å². The second-order valence-corrected chi connectivity index (χ2v) is 5.43. The number of halogens is 2. The van der Waals surface area contributed by atoms with Crippen molar-refractivity contribution >= 4 is 11.6 Å². The van der Waals surface area contributed by atoms with Crippen LogP contribution in [0.3, 0.4) is 0 Å². The van der Waals surface area contributed by atoms with E-state index < -0.39 is 5.82 Å². The van der Waals surface area contributed by atoms with Gasteiger partial charge in [0, 0.05) is 49.9 Å². The van der Waals surface area contributed by atoms with Crippen LogP contribution in [0, 0.1) is 17.7 Å². The second-order valence-electron chi connectivity index (χ2n) is 5.04. The highest BCUT2D eigenvalue weighted by Gasteiger charge is 2.10. The summed E-state index contributed by atoms with van der Waals surface area (Å²) in [5.41, 5.74) is 1.17. The fraction of sp³-hybridized carbons (Fsp3) is 0.312. The molecule has 5 nitrogen and oxygen atoms in total. The van der Waals surface area contributed by atoms with Crippen molar-refractivity contribution in [3.05, 3.63) is 52.6 Å². The zero-order valence-electron chi connectivity index (χ0n) is 12.3. The molecule has 0 N–H and O–H groups in total. The van der Waals surface area contributed by atoms with Gasteiger partial charge in [-0.3, -0.25) is 4.90 Å². The van der Waals surface area contributed by atoms with Crippen molar-refractivity contribution in [3.8, 4) is 11.8 Å². The van der Waals surface area contributed by atoms with E-state index in [4.69, 9.17) is 16.3 Å². The molecule has 1 aliphatic rings. The number of hydrogen-bond acceptors (Lipinski definition) is 5. The van der Waals surface area contributed by atoms with Gasteiger partial charge < -0.3 is 4.74 Å². The van der Waals surface area contributed by atoms with E-state index in [2.05, 4.69) is 31.7 Å². The molecular weight excluding hydrogens is 319 g/mol. The van der Waals surface area contributed by atoms with E-state index in [-0.39, 0.29) is 10.7 Å². The van der Waals surface area contributed by atoms with Gasteiger partial charge in [0.2, 0.25) is 5.82 Å². The normalized spacial score (nSPS) is 15.0. The first kappa shape index (κ1) is 15.8. The third-order valence-electron chi connectivity index (χ3n) is 3.34. The lowest BCUT2D eigenvalue weighted by Crippen LogP contribution is -2.35. The zero-order chi connectivity index (χ0) is 16.1.